The van der Waals surface area contributed by atoms with E-state index in [1.165, 1.54) is 58.4 Å². The molecule has 280 valence electrons. The zero-order valence-electron chi connectivity index (χ0n) is 32.5. The molecule has 3 nitrogen and oxygen atoms in total. The van der Waals surface area contributed by atoms with Gasteiger partial charge in [0, 0.05) is 47.6 Å². The van der Waals surface area contributed by atoms with Crippen molar-refractivity contribution in [2.75, 3.05) is 0 Å². The second-order valence-electron chi connectivity index (χ2n) is 15.4. The Balaban J connectivity index is 1.05. The van der Waals surface area contributed by atoms with Gasteiger partial charge in [0.25, 0.3) is 0 Å². The Morgan fingerprint density at radius 1 is 0.333 bits per heavy atom. The topological polar surface area (TPSA) is 30.7 Å². The molecule has 12 aromatic rings. The largest absolute Gasteiger partial charge is 0.309 e. The number of nitrogens with zero attached hydrogens (tertiary/aromatic N) is 3. The summed E-state index contributed by atoms with van der Waals surface area (Å²) in [5.41, 5.74) is 13.1. The molecule has 3 heterocycles. The molecule has 0 radical (unpaired) electrons. The van der Waals surface area contributed by atoms with Crippen LogP contribution in [-0.2, 0) is 0 Å². The molecule has 0 aliphatic rings. The summed E-state index contributed by atoms with van der Waals surface area (Å²) in [6, 6.07) is 76.2. The van der Waals surface area contributed by atoms with E-state index >= 15 is 0 Å². The van der Waals surface area contributed by atoms with Crippen molar-refractivity contribution in [1.29, 1.82) is 0 Å². The van der Waals surface area contributed by atoms with Gasteiger partial charge in [0.2, 0.25) is 0 Å². The summed E-state index contributed by atoms with van der Waals surface area (Å²) in [7, 11) is 0. The minimum atomic E-state index is 0.701. The Bertz CT molecular complexity index is 3530. The SMILES string of the molecule is c1ccc(-c2cc(-c3ccccc3)cc(-c3cc(-c4ccccc4)nc(-c4ccc5c(c4)sc4cccc(-n6c7ccccc7c7cc8ccccc8cc76)c45)n3)c2)cc1. The Morgan fingerprint density at radius 2 is 0.933 bits per heavy atom. The molecule has 12 rings (SSSR count). The highest BCUT2D eigenvalue weighted by Crippen LogP contribution is 2.43. The normalized spacial score (nSPS) is 11.7. The van der Waals surface area contributed by atoms with Gasteiger partial charge in [0.05, 0.1) is 28.1 Å². The van der Waals surface area contributed by atoms with E-state index in [1.807, 2.05) is 17.4 Å². The molecule has 0 saturated carbocycles. The number of benzene rings is 9. The van der Waals surface area contributed by atoms with Gasteiger partial charge in [-0.2, -0.15) is 0 Å². The zero-order chi connectivity index (χ0) is 39.6. The summed E-state index contributed by atoms with van der Waals surface area (Å²) in [5, 5.41) is 7.49. The minimum absolute atomic E-state index is 0.701. The molecule has 0 N–H and O–H groups in total. The molecule has 0 unspecified atom stereocenters. The van der Waals surface area contributed by atoms with Gasteiger partial charge in [-0.15, -0.1) is 11.3 Å². The smallest absolute Gasteiger partial charge is 0.160 e. The summed E-state index contributed by atoms with van der Waals surface area (Å²) < 4.78 is 4.91. The Kier molecular flexibility index (Phi) is 8.03. The van der Waals surface area contributed by atoms with Gasteiger partial charge >= 0.3 is 0 Å². The van der Waals surface area contributed by atoms with Crippen molar-refractivity contribution >= 4 is 64.1 Å². The van der Waals surface area contributed by atoms with E-state index in [0.29, 0.717) is 5.82 Å². The lowest BCUT2D eigenvalue weighted by molar-refractivity contribution is 1.18. The summed E-state index contributed by atoms with van der Waals surface area (Å²) in [6.45, 7) is 0. The maximum absolute atomic E-state index is 5.37. The average molecular weight is 782 g/mol. The number of hydrogen-bond donors (Lipinski definition) is 0. The van der Waals surface area contributed by atoms with Crippen molar-refractivity contribution in [3.8, 4) is 61.8 Å². The fraction of sp³-hybridized carbons (Fsp3) is 0. The summed E-state index contributed by atoms with van der Waals surface area (Å²) in [5.74, 6) is 0.701. The first-order valence-corrected chi connectivity index (χ1v) is 21.1. The highest BCUT2D eigenvalue weighted by atomic mass is 32.1. The summed E-state index contributed by atoms with van der Waals surface area (Å²) >= 11 is 1.83. The highest BCUT2D eigenvalue weighted by molar-refractivity contribution is 7.26. The first-order valence-electron chi connectivity index (χ1n) is 20.3. The van der Waals surface area contributed by atoms with Crippen molar-refractivity contribution in [2.45, 2.75) is 0 Å². The van der Waals surface area contributed by atoms with Gasteiger partial charge < -0.3 is 4.57 Å². The van der Waals surface area contributed by atoms with E-state index in [4.69, 9.17) is 9.97 Å². The zero-order valence-corrected chi connectivity index (χ0v) is 33.3. The third-order valence-electron chi connectivity index (χ3n) is 11.8. The van der Waals surface area contributed by atoms with E-state index < -0.39 is 0 Å². The first kappa shape index (κ1) is 34.4. The molecule has 0 bridgehead atoms. The fourth-order valence-corrected chi connectivity index (χ4v) is 10.1. The molecule has 3 aromatic heterocycles. The van der Waals surface area contributed by atoms with Gasteiger partial charge in [-0.3, -0.25) is 0 Å². The number of thiophene rings is 1. The number of para-hydroxylation sites is 1. The fourth-order valence-electron chi connectivity index (χ4n) is 8.90. The molecule has 0 aliphatic carbocycles. The van der Waals surface area contributed by atoms with Crippen molar-refractivity contribution in [3.05, 3.63) is 212 Å². The van der Waals surface area contributed by atoms with E-state index in [-0.39, 0.29) is 0 Å². The van der Waals surface area contributed by atoms with Crippen molar-refractivity contribution in [3.63, 3.8) is 0 Å². The lowest BCUT2D eigenvalue weighted by atomic mass is 9.94. The van der Waals surface area contributed by atoms with Gasteiger partial charge in [-0.05, 0) is 93.7 Å². The molecule has 0 saturated heterocycles. The van der Waals surface area contributed by atoms with Gasteiger partial charge in [0.1, 0.15) is 0 Å². The number of hydrogen-bond acceptors (Lipinski definition) is 3. The maximum Gasteiger partial charge on any atom is 0.160 e. The van der Waals surface area contributed by atoms with Crippen LogP contribution in [0.5, 0.6) is 0 Å². The van der Waals surface area contributed by atoms with Crippen molar-refractivity contribution in [1.82, 2.24) is 14.5 Å². The first-order chi connectivity index (χ1) is 29.7. The summed E-state index contributed by atoms with van der Waals surface area (Å²) in [6.07, 6.45) is 0. The number of rotatable bonds is 6. The van der Waals surface area contributed by atoms with Gasteiger partial charge in [-0.25, -0.2) is 9.97 Å². The van der Waals surface area contributed by atoms with Crippen molar-refractivity contribution < 1.29 is 0 Å². The van der Waals surface area contributed by atoms with Crippen LogP contribution in [0, 0.1) is 0 Å². The van der Waals surface area contributed by atoms with Crippen LogP contribution in [0.25, 0.3) is 115 Å². The van der Waals surface area contributed by atoms with E-state index in [1.54, 1.807) is 0 Å². The highest BCUT2D eigenvalue weighted by Gasteiger charge is 2.19. The van der Waals surface area contributed by atoms with Crippen LogP contribution in [0.2, 0.25) is 0 Å². The third-order valence-corrected chi connectivity index (χ3v) is 12.9. The monoisotopic (exact) mass is 781 g/mol. The second-order valence-corrected chi connectivity index (χ2v) is 16.5. The van der Waals surface area contributed by atoms with Gasteiger partial charge in [0.15, 0.2) is 5.82 Å². The van der Waals surface area contributed by atoms with Crippen LogP contribution in [0.1, 0.15) is 0 Å². The lowest BCUT2D eigenvalue weighted by Crippen LogP contribution is -1.97. The Hall–Kier alpha value is -7.66. The molecule has 0 amide bonds. The van der Waals surface area contributed by atoms with E-state index in [0.717, 1.165) is 50.3 Å². The molecule has 0 spiro atoms. The quantitative estimate of drug-likeness (QED) is 0.168. The predicted molar refractivity (Wildman–Crippen MR) is 254 cm³/mol. The standard InChI is InChI=1S/C56H35N3S/c1-4-15-36(16-5-1)42-29-43(37-17-6-2-7-18-37)31-44(30-42)49-35-48(38-19-8-3-9-20-38)57-56(58-49)41-27-28-46-54(34-41)60-53-26-14-25-51(55(46)53)59-50-24-13-12-23-45(50)47-32-39-21-10-11-22-40(39)33-52(47)59/h1-35H. The van der Waals surface area contributed by atoms with Gasteiger partial charge in [-0.1, -0.05) is 152 Å². The lowest BCUT2D eigenvalue weighted by Gasteiger charge is -2.13. The van der Waals surface area contributed by atoms with Crippen LogP contribution < -0.4 is 0 Å². The van der Waals surface area contributed by atoms with Crippen LogP contribution >= 0.6 is 11.3 Å². The molecular weight excluding hydrogens is 747 g/mol. The molecule has 0 atom stereocenters. The molecule has 60 heavy (non-hydrogen) atoms. The minimum Gasteiger partial charge on any atom is -0.309 e. The summed E-state index contributed by atoms with van der Waals surface area (Å²) in [4.78, 5) is 10.6. The second kappa shape index (κ2) is 14.0. The van der Waals surface area contributed by atoms with Crippen molar-refractivity contribution in [2.24, 2.45) is 0 Å². The van der Waals surface area contributed by atoms with E-state index in [2.05, 4.69) is 211 Å². The maximum atomic E-state index is 5.37. The molecule has 0 aliphatic heterocycles. The molecule has 0 fully saturated rings. The molecular formula is C56H35N3S. The van der Waals surface area contributed by atoms with Crippen LogP contribution in [0.15, 0.2) is 212 Å². The molecule has 4 heteroatoms. The van der Waals surface area contributed by atoms with Crippen LogP contribution in [0.4, 0.5) is 0 Å². The predicted octanol–water partition coefficient (Wildman–Crippen LogP) is 15.4. The van der Waals surface area contributed by atoms with Crippen LogP contribution in [-0.4, -0.2) is 14.5 Å². The average Bonchev–Trinajstić information content (AvgIpc) is 3.86. The van der Waals surface area contributed by atoms with E-state index in [9.17, 15) is 0 Å². The third kappa shape index (κ3) is 5.80. The Morgan fingerprint density at radius 3 is 1.65 bits per heavy atom. The number of aromatic nitrogens is 3. The number of fused-ring (bicyclic) bond motifs is 7. The Labute approximate surface area is 351 Å². The van der Waals surface area contributed by atoms with Crippen LogP contribution in [0.3, 0.4) is 0 Å². The molecule has 9 aromatic carbocycles.